The minimum absolute atomic E-state index is 0.0674. The summed E-state index contributed by atoms with van der Waals surface area (Å²) >= 11 is 0. The Morgan fingerprint density at radius 2 is 1.48 bits per heavy atom. The van der Waals surface area contributed by atoms with Crippen LogP contribution in [-0.4, -0.2) is 31.9 Å². The molecule has 114 valence electrons. The highest BCUT2D eigenvalue weighted by Crippen LogP contribution is 2.31. The Hall–Kier alpha value is -2.17. The number of ketones is 1. The van der Waals surface area contributed by atoms with E-state index in [1.165, 1.54) is 21.1 Å². The minimum atomic E-state index is -1.15. The Morgan fingerprint density at radius 1 is 1.00 bits per heavy atom. The first-order chi connectivity index (χ1) is 9.90. The summed E-state index contributed by atoms with van der Waals surface area (Å²) in [4.78, 5) is 35.4. The number of carbonyl (C=O) groups excluding carboxylic acids is 3. The lowest BCUT2D eigenvalue weighted by Gasteiger charge is -2.23. The molecule has 0 aliphatic carbocycles. The molecule has 0 saturated carbocycles. The second-order valence-electron chi connectivity index (χ2n) is 4.95. The molecular weight excluding hydrogens is 272 g/mol. The Bertz CT molecular complexity index is 502. The highest BCUT2D eigenvalue weighted by Gasteiger charge is 2.38. The lowest BCUT2D eigenvalue weighted by atomic mass is 9.82. The van der Waals surface area contributed by atoms with Crippen molar-refractivity contribution in [2.75, 3.05) is 14.2 Å². The molecule has 0 aliphatic heterocycles. The number of hydrogen-bond acceptors (Lipinski definition) is 5. The van der Waals surface area contributed by atoms with Crippen molar-refractivity contribution in [3.8, 4) is 0 Å². The molecule has 5 heteroatoms. The van der Waals surface area contributed by atoms with E-state index in [1.54, 1.807) is 0 Å². The molecule has 1 aromatic carbocycles. The molecule has 21 heavy (non-hydrogen) atoms. The summed E-state index contributed by atoms with van der Waals surface area (Å²) in [6.07, 6.45) is 0.0674. The van der Waals surface area contributed by atoms with E-state index in [2.05, 4.69) is 0 Å². The van der Waals surface area contributed by atoms with E-state index < -0.39 is 23.8 Å². The van der Waals surface area contributed by atoms with Crippen LogP contribution in [-0.2, 0) is 23.9 Å². The van der Waals surface area contributed by atoms with Crippen LogP contribution in [0.15, 0.2) is 24.3 Å². The third-order valence-corrected chi connectivity index (χ3v) is 3.33. The van der Waals surface area contributed by atoms with E-state index in [1.807, 2.05) is 31.2 Å². The van der Waals surface area contributed by atoms with Crippen LogP contribution in [0.5, 0.6) is 0 Å². The van der Waals surface area contributed by atoms with E-state index in [0.717, 1.165) is 11.1 Å². The van der Waals surface area contributed by atoms with Crippen molar-refractivity contribution in [1.82, 2.24) is 0 Å². The van der Waals surface area contributed by atoms with Gasteiger partial charge in [0.1, 0.15) is 5.78 Å². The Kier molecular flexibility index (Phi) is 6.09. The smallest absolute Gasteiger partial charge is 0.320 e. The zero-order chi connectivity index (χ0) is 16.0. The molecule has 0 radical (unpaired) electrons. The fourth-order valence-corrected chi connectivity index (χ4v) is 2.23. The third kappa shape index (κ3) is 4.41. The zero-order valence-corrected chi connectivity index (χ0v) is 12.7. The SMILES string of the molecule is COC(=O)C(C(=O)OC)C(CC(C)=O)c1ccc(C)cc1. The summed E-state index contributed by atoms with van der Waals surface area (Å²) in [5.74, 6) is -3.25. The van der Waals surface area contributed by atoms with Gasteiger partial charge >= 0.3 is 11.9 Å². The monoisotopic (exact) mass is 292 g/mol. The van der Waals surface area contributed by atoms with Crippen LogP contribution in [0.4, 0.5) is 0 Å². The van der Waals surface area contributed by atoms with E-state index in [4.69, 9.17) is 9.47 Å². The average molecular weight is 292 g/mol. The number of aryl methyl sites for hydroxylation is 1. The first-order valence-electron chi connectivity index (χ1n) is 6.62. The van der Waals surface area contributed by atoms with Gasteiger partial charge in [-0.25, -0.2) is 0 Å². The molecular formula is C16H20O5. The molecule has 0 heterocycles. The first kappa shape index (κ1) is 16.9. The molecule has 1 unspecified atom stereocenters. The van der Waals surface area contributed by atoms with Crippen molar-refractivity contribution in [3.63, 3.8) is 0 Å². The van der Waals surface area contributed by atoms with Gasteiger partial charge in [0, 0.05) is 12.3 Å². The third-order valence-electron chi connectivity index (χ3n) is 3.33. The molecule has 0 saturated heterocycles. The number of methoxy groups -OCH3 is 2. The molecule has 0 aliphatic rings. The van der Waals surface area contributed by atoms with Crippen molar-refractivity contribution in [1.29, 1.82) is 0 Å². The molecule has 0 aromatic heterocycles. The number of Topliss-reactive ketones (excluding diaryl/α,β-unsaturated/α-hetero) is 1. The van der Waals surface area contributed by atoms with Gasteiger partial charge in [-0.3, -0.25) is 9.59 Å². The molecule has 0 spiro atoms. The number of hydrogen-bond donors (Lipinski definition) is 0. The van der Waals surface area contributed by atoms with Gasteiger partial charge < -0.3 is 14.3 Å². The second kappa shape index (κ2) is 7.57. The van der Waals surface area contributed by atoms with Crippen LogP contribution in [0.1, 0.15) is 30.4 Å². The molecule has 1 rings (SSSR count). The highest BCUT2D eigenvalue weighted by molar-refractivity contribution is 5.96. The summed E-state index contributed by atoms with van der Waals surface area (Å²) in [6, 6.07) is 7.35. The van der Waals surface area contributed by atoms with Crippen molar-refractivity contribution < 1.29 is 23.9 Å². The summed E-state index contributed by atoms with van der Waals surface area (Å²) < 4.78 is 9.38. The topological polar surface area (TPSA) is 69.7 Å². The summed E-state index contributed by atoms with van der Waals surface area (Å²) in [7, 11) is 2.41. The van der Waals surface area contributed by atoms with E-state index >= 15 is 0 Å². The number of carbonyl (C=O) groups is 3. The maximum absolute atomic E-state index is 11.9. The Labute approximate surface area is 124 Å². The maximum atomic E-state index is 11.9. The van der Waals surface area contributed by atoms with Crippen molar-refractivity contribution >= 4 is 17.7 Å². The number of ether oxygens (including phenoxy) is 2. The molecule has 0 fully saturated rings. The van der Waals surface area contributed by atoms with Gasteiger partial charge in [-0.1, -0.05) is 29.8 Å². The van der Waals surface area contributed by atoms with Crippen LogP contribution in [0.3, 0.4) is 0 Å². The van der Waals surface area contributed by atoms with Crippen LogP contribution in [0.25, 0.3) is 0 Å². The average Bonchev–Trinajstić information content (AvgIpc) is 2.46. The molecule has 0 amide bonds. The van der Waals surface area contributed by atoms with Crippen molar-refractivity contribution in [3.05, 3.63) is 35.4 Å². The van der Waals surface area contributed by atoms with Gasteiger partial charge in [0.15, 0.2) is 5.92 Å². The van der Waals surface area contributed by atoms with E-state index in [0.29, 0.717) is 0 Å². The van der Waals surface area contributed by atoms with Gasteiger partial charge in [0.2, 0.25) is 0 Å². The van der Waals surface area contributed by atoms with Crippen LogP contribution >= 0.6 is 0 Å². The summed E-state index contributed by atoms with van der Waals surface area (Å²) in [6.45, 7) is 3.36. The molecule has 5 nitrogen and oxygen atoms in total. The van der Waals surface area contributed by atoms with E-state index in [9.17, 15) is 14.4 Å². The first-order valence-corrected chi connectivity index (χ1v) is 6.62. The molecule has 1 aromatic rings. The van der Waals surface area contributed by atoms with Crippen LogP contribution in [0, 0.1) is 12.8 Å². The quantitative estimate of drug-likeness (QED) is 0.592. The predicted octanol–water partition coefficient (Wildman–Crippen LogP) is 2.02. The Morgan fingerprint density at radius 3 is 1.86 bits per heavy atom. The van der Waals surface area contributed by atoms with Crippen LogP contribution < -0.4 is 0 Å². The summed E-state index contributed by atoms with van der Waals surface area (Å²) in [5, 5.41) is 0. The standard InChI is InChI=1S/C16H20O5/c1-10-5-7-12(8-6-10)13(9-11(2)17)14(15(18)20-3)16(19)21-4/h5-8,13-14H,9H2,1-4H3. The minimum Gasteiger partial charge on any atom is -0.468 e. The fraction of sp³-hybridized carbons (Fsp3) is 0.438. The molecule has 0 bridgehead atoms. The summed E-state index contributed by atoms with van der Waals surface area (Å²) in [5.41, 5.74) is 1.78. The van der Waals surface area contributed by atoms with Gasteiger partial charge in [0.05, 0.1) is 14.2 Å². The highest BCUT2D eigenvalue weighted by atomic mass is 16.5. The maximum Gasteiger partial charge on any atom is 0.320 e. The van der Waals surface area contributed by atoms with Gasteiger partial charge in [-0.2, -0.15) is 0 Å². The number of benzene rings is 1. The lowest BCUT2D eigenvalue weighted by molar-refractivity contribution is -0.160. The van der Waals surface area contributed by atoms with Gasteiger partial charge in [0.25, 0.3) is 0 Å². The van der Waals surface area contributed by atoms with Gasteiger partial charge in [-0.15, -0.1) is 0 Å². The zero-order valence-electron chi connectivity index (χ0n) is 12.7. The molecule has 1 atom stereocenters. The van der Waals surface area contributed by atoms with Crippen LogP contribution in [0.2, 0.25) is 0 Å². The largest absolute Gasteiger partial charge is 0.468 e. The normalized spacial score (nSPS) is 11.9. The fourth-order valence-electron chi connectivity index (χ4n) is 2.23. The molecule has 0 N–H and O–H groups in total. The van der Waals surface area contributed by atoms with Crippen molar-refractivity contribution in [2.24, 2.45) is 5.92 Å². The Balaban J connectivity index is 3.25. The van der Waals surface area contributed by atoms with E-state index in [-0.39, 0.29) is 12.2 Å². The lowest BCUT2D eigenvalue weighted by Crippen LogP contribution is -2.33. The predicted molar refractivity (Wildman–Crippen MR) is 76.7 cm³/mol. The number of esters is 2. The number of rotatable bonds is 6. The second-order valence-corrected chi connectivity index (χ2v) is 4.95. The van der Waals surface area contributed by atoms with Crippen molar-refractivity contribution in [2.45, 2.75) is 26.2 Å². The van der Waals surface area contributed by atoms with Gasteiger partial charge in [-0.05, 0) is 19.4 Å².